The fourth-order valence-electron chi connectivity index (χ4n) is 4.64. The van der Waals surface area contributed by atoms with Gasteiger partial charge in [0.2, 0.25) is 0 Å². The summed E-state index contributed by atoms with van der Waals surface area (Å²) in [5.74, 6) is -2.28. The minimum Gasteiger partial charge on any atom is -0.799 e. The Labute approximate surface area is 240 Å². The Kier molecular flexibility index (Phi) is 10.3. The minimum absolute atomic E-state index is 0.0202. The number of aliphatic carboxylic acids is 2. The van der Waals surface area contributed by atoms with Gasteiger partial charge >= 0.3 is 11.9 Å². The van der Waals surface area contributed by atoms with Crippen molar-refractivity contribution in [1.29, 1.82) is 0 Å². The van der Waals surface area contributed by atoms with E-state index in [1.807, 2.05) is 0 Å². The maximum atomic E-state index is 13.6. The monoisotopic (exact) mass is 588 g/mol. The molecule has 10 heteroatoms. The highest BCUT2D eigenvalue weighted by Gasteiger charge is 2.28. The summed E-state index contributed by atoms with van der Waals surface area (Å²) in [6.07, 6.45) is 4.94. The summed E-state index contributed by atoms with van der Waals surface area (Å²) < 4.78 is 27.2. The third kappa shape index (κ3) is 7.54. The van der Waals surface area contributed by atoms with Crippen LogP contribution in [-0.2, 0) is 19.2 Å². The summed E-state index contributed by atoms with van der Waals surface area (Å²) in [6.45, 7) is 6.50. The van der Waals surface area contributed by atoms with Gasteiger partial charge in [0.25, 0.3) is 0 Å². The molecule has 2 atom stereocenters. The van der Waals surface area contributed by atoms with Crippen LogP contribution in [0.5, 0.6) is 0 Å². The molecule has 40 heavy (non-hydrogen) atoms. The summed E-state index contributed by atoms with van der Waals surface area (Å²) >= 11 is 0. The number of carboxylic acid groups (broad SMARTS) is 2. The Morgan fingerprint density at radius 3 is 1.90 bits per heavy atom. The smallest absolute Gasteiger partial charge is 0.309 e. The average Bonchev–Trinajstić information content (AvgIpc) is 2.87. The molecular weight excluding hydrogens is 552 g/mol. The first-order valence-corrected chi connectivity index (χ1v) is 15.5. The molecule has 2 N–H and O–H groups in total. The summed E-state index contributed by atoms with van der Waals surface area (Å²) in [7, 11) is -3.30. The van der Waals surface area contributed by atoms with E-state index in [1.165, 1.54) is 12.2 Å². The molecule has 2 aliphatic heterocycles. The third-order valence-electron chi connectivity index (χ3n) is 7.38. The van der Waals surface area contributed by atoms with Gasteiger partial charge in [-0.05, 0) is 109 Å². The zero-order valence-corrected chi connectivity index (χ0v) is 24.9. The highest BCUT2D eigenvalue weighted by molar-refractivity contribution is 8.19. The molecule has 0 saturated carbocycles. The first-order chi connectivity index (χ1) is 18.6. The molecule has 0 aliphatic carbocycles. The van der Waals surface area contributed by atoms with E-state index >= 15 is 0 Å². The number of ketones is 2. The summed E-state index contributed by atoms with van der Waals surface area (Å²) in [4.78, 5) is 49.8. The van der Waals surface area contributed by atoms with E-state index in [2.05, 4.69) is 0 Å². The second kappa shape index (κ2) is 12.9. The van der Waals surface area contributed by atoms with Crippen LogP contribution in [0.4, 0.5) is 0 Å². The van der Waals surface area contributed by atoms with Gasteiger partial charge in [0, 0.05) is 12.8 Å². The summed E-state index contributed by atoms with van der Waals surface area (Å²) in [6, 6.07) is 6.86. The van der Waals surface area contributed by atoms with Gasteiger partial charge in [0.1, 0.15) is 0 Å². The number of allylic oxidation sites excluding steroid dienone is 3. The lowest BCUT2D eigenvalue weighted by Gasteiger charge is -2.32. The lowest BCUT2D eigenvalue weighted by atomic mass is 9.87. The van der Waals surface area contributed by atoms with Crippen LogP contribution in [-0.4, -0.2) is 52.6 Å². The fraction of sp³-hybridized carbons (Fsp3) is 0.467. The molecule has 0 saturated heterocycles. The molecule has 0 fully saturated rings. The van der Waals surface area contributed by atoms with E-state index in [0.717, 1.165) is 0 Å². The van der Waals surface area contributed by atoms with Gasteiger partial charge in [0.15, 0.2) is 11.6 Å². The molecule has 218 valence electrons. The van der Waals surface area contributed by atoms with Gasteiger partial charge in [-0.2, -0.15) is 0 Å². The number of rotatable bonds is 12. The van der Waals surface area contributed by atoms with Crippen LogP contribution in [0.2, 0.25) is 0 Å². The molecule has 2 aliphatic rings. The van der Waals surface area contributed by atoms with Crippen LogP contribution < -0.4 is 0 Å². The predicted molar refractivity (Wildman–Crippen MR) is 158 cm³/mol. The molecular formula is C30H36O8S2-2. The van der Waals surface area contributed by atoms with Gasteiger partial charge in [-0.25, -0.2) is 21.5 Å². The van der Waals surface area contributed by atoms with Crippen LogP contribution in [0.1, 0.15) is 90.2 Å². The second-order valence-corrected chi connectivity index (χ2v) is 14.6. The maximum Gasteiger partial charge on any atom is 0.309 e. The number of carbonyl (C=O) groups excluding carboxylic acids is 2. The Bertz CT molecular complexity index is 1310. The summed E-state index contributed by atoms with van der Waals surface area (Å²) in [5.41, 5.74) is -0.913. The average molecular weight is 589 g/mol. The predicted octanol–water partition coefficient (Wildman–Crippen LogP) is 5.91. The lowest BCUT2D eigenvalue weighted by Crippen LogP contribution is -2.24. The van der Waals surface area contributed by atoms with Crippen LogP contribution >= 0.6 is 21.5 Å². The lowest BCUT2D eigenvalue weighted by molar-refractivity contribution is -0.148. The molecule has 0 amide bonds. The van der Waals surface area contributed by atoms with E-state index in [-0.39, 0.29) is 29.3 Å². The first kappa shape index (κ1) is 31.9. The van der Waals surface area contributed by atoms with Crippen molar-refractivity contribution in [1.82, 2.24) is 0 Å². The number of carboxylic acids is 2. The molecule has 0 spiro atoms. The number of hydrogen-bond donors (Lipinski definition) is 2. The largest absolute Gasteiger partial charge is 0.799 e. The SMILES string of the molecule is CC(C)(CCCC1=CC(=O)CC(c2ccccc2C2=CC(=O)CC(CCCC(C)(C)C(=O)O)=S2[O-])=S1[O-])C(=O)O. The molecule has 1 aromatic rings. The van der Waals surface area contributed by atoms with Crippen LogP contribution in [0.15, 0.2) is 41.3 Å². The van der Waals surface area contributed by atoms with E-state index in [9.17, 15) is 38.5 Å². The molecule has 2 heterocycles. The standard InChI is InChI=1S/C30H37O8S2/c1-29(2,27(33)34)13-7-9-21-15-19(31)17-25(39(21)37)23-11-5-6-12-24(23)26-18-20(32)16-22(40(26)38)10-8-14-30(3,4)28(35)36/h5-6,11-12,15,18H,7-10,13-14,16-17H2,1-4H3,(H3-,32,33,34,35,36,37,38)/q-1/p-1. The molecule has 8 nitrogen and oxygen atoms in total. The minimum atomic E-state index is -1.65. The van der Waals surface area contributed by atoms with E-state index in [0.29, 0.717) is 64.3 Å². The van der Waals surface area contributed by atoms with Crippen LogP contribution in [0.25, 0.3) is 4.91 Å². The molecule has 0 bridgehead atoms. The van der Waals surface area contributed by atoms with Crippen molar-refractivity contribution >= 4 is 59.7 Å². The zero-order chi connectivity index (χ0) is 29.8. The first-order valence-electron chi connectivity index (χ1n) is 13.2. The fourth-order valence-corrected chi connectivity index (χ4v) is 7.70. The Balaban J connectivity index is 1.92. The van der Waals surface area contributed by atoms with Crippen molar-refractivity contribution in [3.63, 3.8) is 0 Å². The van der Waals surface area contributed by atoms with Gasteiger partial charge in [0.05, 0.1) is 10.8 Å². The van der Waals surface area contributed by atoms with Crippen molar-refractivity contribution in [2.24, 2.45) is 10.8 Å². The van der Waals surface area contributed by atoms with Gasteiger partial charge in [-0.1, -0.05) is 24.3 Å². The van der Waals surface area contributed by atoms with Gasteiger partial charge in [-0.3, -0.25) is 19.2 Å². The number of hydrogen-bond acceptors (Lipinski definition) is 6. The topological polar surface area (TPSA) is 155 Å². The Morgan fingerprint density at radius 2 is 1.32 bits per heavy atom. The Morgan fingerprint density at radius 1 is 0.800 bits per heavy atom. The number of benzene rings is 1. The van der Waals surface area contributed by atoms with E-state index in [4.69, 9.17) is 0 Å². The van der Waals surface area contributed by atoms with Crippen molar-refractivity contribution < 1.29 is 38.5 Å². The van der Waals surface area contributed by atoms with E-state index in [1.54, 1.807) is 52.0 Å². The van der Waals surface area contributed by atoms with Crippen molar-refractivity contribution in [2.45, 2.75) is 79.1 Å². The van der Waals surface area contributed by atoms with E-state index < -0.39 is 44.3 Å². The van der Waals surface area contributed by atoms with Gasteiger partial charge < -0.3 is 19.3 Å². The van der Waals surface area contributed by atoms with Crippen molar-refractivity contribution in [3.05, 3.63) is 52.4 Å². The van der Waals surface area contributed by atoms with Crippen LogP contribution in [0, 0.1) is 10.8 Å². The van der Waals surface area contributed by atoms with Crippen molar-refractivity contribution in [3.8, 4) is 0 Å². The van der Waals surface area contributed by atoms with Crippen molar-refractivity contribution in [2.75, 3.05) is 0 Å². The highest BCUT2D eigenvalue weighted by Crippen LogP contribution is 2.42. The maximum absolute atomic E-state index is 13.6. The molecule has 0 aromatic heterocycles. The Hall–Kier alpha value is -2.66. The zero-order valence-electron chi connectivity index (χ0n) is 23.3. The molecule has 2 unspecified atom stereocenters. The normalized spacial score (nSPS) is 20.4. The molecule has 1 aromatic carbocycles. The van der Waals surface area contributed by atoms with Gasteiger partial charge in [-0.15, -0.1) is 0 Å². The molecule has 3 rings (SSSR count). The quantitative estimate of drug-likeness (QED) is 0.286. The third-order valence-corrected chi connectivity index (χ3v) is 10.6. The highest BCUT2D eigenvalue weighted by atomic mass is 32.2. The van der Waals surface area contributed by atoms with Crippen LogP contribution in [0.3, 0.4) is 0 Å². The number of carbonyl (C=O) groups is 4. The second-order valence-electron chi connectivity index (χ2n) is 11.5. The summed E-state index contributed by atoms with van der Waals surface area (Å²) in [5, 5.41) is 18.7. The molecule has 0 radical (unpaired) electrons.